The van der Waals surface area contributed by atoms with E-state index in [4.69, 9.17) is 21.2 Å². The number of carbonyl (C=O) groups excluding carboxylic acids is 1. The summed E-state index contributed by atoms with van der Waals surface area (Å²) in [6.45, 7) is 1.61. The van der Waals surface area contributed by atoms with E-state index in [1.165, 1.54) is 0 Å². The maximum atomic E-state index is 11.4. The van der Waals surface area contributed by atoms with Crippen LogP contribution in [0.4, 0.5) is 5.69 Å². The van der Waals surface area contributed by atoms with Gasteiger partial charge in [-0.1, -0.05) is 6.92 Å². The van der Waals surface area contributed by atoms with E-state index in [9.17, 15) is 23.3 Å². The Bertz CT molecular complexity index is 645. The summed E-state index contributed by atoms with van der Waals surface area (Å²) in [5.41, 5.74) is 4.61. The van der Waals surface area contributed by atoms with Crippen LogP contribution in [0.5, 0.6) is 5.75 Å². The van der Waals surface area contributed by atoms with E-state index in [0.29, 0.717) is 0 Å². The minimum Gasteiger partial charge on any atom is -0.479 e. The van der Waals surface area contributed by atoms with E-state index >= 15 is 0 Å². The smallest absolute Gasteiger partial charge is 0.271 e. The van der Waals surface area contributed by atoms with Crippen LogP contribution in [0.1, 0.15) is 13.3 Å². The zero-order chi connectivity index (χ0) is 15.5. The molecule has 0 aromatic heterocycles. The summed E-state index contributed by atoms with van der Waals surface area (Å²) < 4.78 is 28.0. The number of hydrogen-bond acceptors (Lipinski definition) is 6. The van der Waals surface area contributed by atoms with Gasteiger partial charge >= 0.3 is 0 Å². The zero-order valence-electron chi connectivity index (χ0n) is 10.3. The number of rotatable bonds is 6. The third-order valence-corrected chi connectivity index (χ3v) is 3.70. The molecular formula is C10H11ClN2O6S. The molecule has 0 saturated carbocycles. The third-order valence-electron chi connectivity index (χ3n) is 2.36. The summed E-state index contributed by atoms with van der Waals surface area (Å²) in [6, 6.07) is 2.85. The molecule has 1 rings (SSSR count). The van der Waals surface area contributed by atoms with Crippen molar-refractivity contribution in [3.63, 3.8) is 0 Å². The van der Waals surface area contributed by atoms with Gasteiger partial charge in [0.25, 0.3) is 20.6 Å². The number of amides is 1. The maximum absolute atomic E-state index is 11.4. The number of nitro benzene ring substituents is 1. The number of nitrogens with two attached hydrogens (primary N) is 1. The Morgan fingerprint density at radius 1 is 1.55 bits per heavy atom. The van der Waals surface area contributed by atoms with Crippen molar-refractivity contribution in [2.24, 2.45) is 5.73 Å². The topological polar surface area (TPSA) is 130 Å². The largest absolute Gasteiger partial charge is 0.479 e. The first kappa shape index (κ1) is 16.2. The molecule has 0 aliphatic heterocycles. The highest BCUT2D eigenvalue weighted by Gasteiger charge is 2.24. The summed E-state index contributed by atoms with van der Waals surface area (Å²) >= 11 is 0. The Balaban J connectivity index is 3.33. The maximum Gasteiger partial charge on any atom is 0.271 e. The quantitative estimate of drug-likeness (QED) is 0.475. The fourth-order valence-electron chi connectivity index (χ4n) is 1.39. The van der Waals surface area contributed by atoms with Crippen LogP contribution in [0.2, 0.25) is 0 Å². The Morgan fingerprint density at radius 2 is 2.15 bits per heavy atom. The Labute approximate surface area is 119 Å². The molecule has 0 saturated heterocycles. The molecule has 1 atom stereocenters. The van der Waals surface area contributed by atoms with Crippen molar-refractivity contribution in [3.05, 3.63) is 28.3 Å². The number of hydrogen-bond donors (Lipinski definition) is 1. The number of non-ortho nitro benzene ring substituents is 1. The van der Waals surface area contributed by atoms with Crippen molar-refractivity contribution in [3.8, 4) is 5.75 Å². The van der Waals surface area contributed by atoms with Gasteiger partial charge < -0.3 is 10.5 Å². The molecule has 10 heteroatoms. The van der Waals surface area contributed by atoms with Gasteiger partial charge in [0, 0.05) is 22.8 Å². The van der Waals surface area contributed by atoms with Crippen LogP contribution in [0.15, 0.2) is 23.1 Å². The highest BCUT2D eigenvalue weighted by molar-refractivity contribution is 8.13. The predicted octanol–water partition coefficient (Wildman–Crippen LogP) is 1.16. The van der Waals surface area contributed by atoms with Gasteiger partial charge in [-0.05, 0) is 12.5 Å². The van der Waals surface area contributed by atoms with Crippen molar-refractivity contribution >= 4 is 31.3 Å². The highest BCUT2D eigenvalue weighted by atomic mass is 35.7. The van der Waals surface area contributed by atoms with Gasteiger partial charge in [-0.25, -0.2) is 8.42 Å². The van der Waals surface area contributed by atoms with Crippen molar-refractivity contribution in [2.45, 2.75) is 24.3 Å². The lowest BCUT2D eigenvalue weighted by Crippen LogP contribution is -2.33. The Hall–Kier alpha value is -1.87. The van der Waals surface area contributed by atoms with Crippen LogP contribution in [0.25, 0.3) is 0 Å². The van der Waals surface area contributed by atoms with E-state index in [1.807, 2.05) is 0 Å². The van der Waals surface area contributed by atoms with Crippen molar-refractivity contribution in [1.29, 1.82) is 0 Å². The summed E-state index contributed by atoms with van der Waals surface area (Å²) in [7, 11) is 0.922. The molecule has 1 unspecified atom stereocenters. The van der Waals surface area contributed by atoms with E-state index in [2.05, 4.69) is 0 Å². The first-order valence-electron chi connectivity index (χ1n) is 5.36. The molecule has 0 heterocycles. The number of benzene rings is 1. The molecule has 20 heavy (non-hydrogen) atoms. The second kappa shape index (κ2) is 6.06. The number of primary amides is 1. The number of nitrogens with zero attached hydrogens (tertiary/aromatic N) is 1. The molecule has 110 valence electrons. The lowest BCUT2D eigenvalue weighted by molar-refractivity contribution is -0.385. The summed E-state index contributed by atoms with van der Waals surface area (Å²) in [5, 5.41) is 10.6. The Morgan fingerprint density at radius 3 is 2.55 bits per heavy atom. The zero-order valence-corrected chi connectivity index (χ0v) is 11.8. The standard InChI is InChI=1S/C10H11ClN2O6S/c1-2-7(10(12)14)19-8-4-3-6(13(15)16)5-9(8)20(11,17)18/h3-5,7H,2H2,1H3,(H2,12,14). The molecule has 1 aromatic carbocycles. The molecule has 0 spiro atoms. The van der Waals surface area contributed by atoms with E-state index in [0.717, 1.165) is 18.2 Å². The first-order chi connectivity index (χ1) is 9.16. The fourth-order valence-corrected chi connectivity index (χ4v) is 2.37. The van der Waals surface area contributed by atoms with Crippen LogP contribution < -0.4 is 10.5 Å². The predicted molar refractivity (Wildman–Crippen MR) is 70.0 cm³/mol. The SMILES string of the molecule is CCC(Oc1ccc([N+](=O)[O-])cc1S(=O)(=O)Cl)C(N)=O. The summed E-state index contributed by atoms with van der Waals surface area (Å²) in [4.78, 5) is 20.3. The number of carbonyl (C=O) groups is 1. The lowest BCUT2D eigenvalue weighted by atomic mass is 10.2. The number of halogens is 1. The number of nitro groups is 1. The first-order valence-corrected chi connectivity index (χ1v) is 7.66. The van der Waals surface area contributed by atoms with Gasteiger partial charge in [-0.15, -0.1) is 0 Å². The summed E-state index contributed by atoms with van der Waals surface area (Å²) in [5.74, 6) is -1.06. The van der Waals surface area contributed by atoms with Crippen molar-refractivity contribution in [2.75, 3.05) is 0 Å². The van der Waals surface area contributed by atoms with Crippen LogP contribution >= 0.6 is 10.7 Å². The normalized spacial score (nSPS) is 12.7. The van der Waals surface area contributed by atoms with Crippen LogP contribution in [0.3, 0.4) is 0 Å². The van der Waals surface area contributed by atoms with E-state index in [1.54, 1.807) is 6.92 Å². The van der Waals surface area contributed by atoms with Gasteiger partial charge in [0.1, 0.15) is 10.6 Å². The van der Waals surface area contributed by atoms with Crippen LogP contribution in [-0.2, 0) is 13.8 Å². The van der Waals surface area contributed by atoms with Gasteiger partial charge in [0.05, 0.1) is 4.92 Å². The molecule has 8 nitrogen and oxygen atoms in total. The minimum absolute atomic E-state index is 0.202. The van der Waals surface area contributed by atoms with Crippen molar-refractivity contribution < 1.29 is 22.9 Å². The molecule has 0 radical (unpaired) electrons. The average molecular weight is 323 g/mol. The van der Waals surface area contributed by atoms with Crippen molar-refractivity contribution in [1.82, 2.24) is 0 Å². The molecule has 0 fully saturated rings. The molecule has 0 aliphatic carbocycles. The van der Waals surface area contributed by atoms with E-state index < -0.39 is 36.6 Å². The average Bonchev–Trinajstić information content (AvgIpc) is 2.34. The molecule has 2 N–H and O–H groups in total. The monoisotopic (exact) mass is 322 g/mol. The van der Waals surface area contributed by atoms with Gasteiger partial charge in [-0.2, -0.15) is 0 Å². The van der Waals surface area contributed by atoms with Gasteiger partial charge in [-0.3, -0.25) is 14.9 Å². The third kappa shape index (κ3) is 3.81. The van der Waals surface area contributed by atoms with Gasteiger partial charge in [0.15, 0.2) is 6.10 Å². The van der Waals surface area contributed by atoms with Crippen LogP contribution in [0, 0.1) is 10.1 Å². The molecule has 1 aromatic rings. The second-order valence-corrected chi connectivity index (χ2v) is 6.28. The van der Waals surface area contributed by atoms with Gasteiger partial charge in [0.2, 0.25) is 0 Å². The minimum atomic E-state index is -4.28. The molecule has 0 bridgehead atoms. The highest BCUT2D eigenvalue weighted by Crippen LogP contribution is 2.31. The Kier molecular flexibility index (Phi) is 4.90. The molecule has 1 amide bonds. The fraction of sp³-hybridized carbons (Fsp3) is 0.300. The number of ether oxygens (including phenoxy) is 1. The lowest BCUT2D eigenvalue weighted by Gasteiger charge is -2.15. The molecular weight excluding hydrogens is 312 g/mol. The molecule has 0 aliphatic rings. The van der Waals surface area contributed by atoms with E-state index in [-0.39, 0.29) is 12.2 Å². The second-order valence-electron chi connectivity index (χ2n) is 3.74. The van der Waals surface area contributed by atoms with Crippen LogP contribution in [-0.4, -0.2) is 25.4 Å². The summed E-state index contributed by atoms with van der Waals surface area (Å²) in [6.07, 6.45) is -0.859.